The summed E-state index contributed by atoms with van der Waals surface area (Å²) < 4.78 is 1.97. The van der Waals surface area contributed by atoms with Crippen molar-refractivity contribution in [3.8, 4) is 0 Å². The van der Waals surface area contributed by atoms with Crippen LogP contribution < -0.4 is 5.73 Å². The number of Topliss-reactive ketones (excluding diaryl/α,β-unsaturated/α-hetero) is 1. The maximum absolute atomic E-state index is 11.8. The summed E-state index contributed by atoms with van der Waals surface area (Å²) in [5.74, 6) is 0.180. The Kier molecular flexibility index (Phi) is 6.05. The van der Waals surface area contributed by atoms with E-state index in [1.807, 2.05) is 23.9 Å². The number of nitrogens with two attached hydrogens (primary N) is 1. The van der Waals surface area contributed by atoms with Crippen LogP contribution in [0.5, 0.6) is 0 Å². The number of carbonyl (C=O) groups is 1. The van der Waals surface area contributed by atoms with Crippen LogP contribution >= 0.6 is 0 Å². The summed E-state index contributed by atoms with van der Waals surface area (Å²) in [7, 11) is 0. The Morgan fingerprint density at radius 1 is 1.33 bits per heavy atom. The highest BCUT2D eigenvalue weighted by atomic mass is 16.1. The average Bonchev–Trinajstić information content (AvgIpc) is 2.78. The van der Waals surface area contributed by atoms with Crippen LogP contribution in [0.15, 0.2) is 12.3 Å². The number of hydrogen-bond donors (Lipinski definition) is 1. The lowest BCUT2D eigenvalue weighted by molar-refractivity contribution is -0.118. The van der Waals surface area contributed by atoms with Crippen LogP contribution in [-0.2, 0) is 11.2 Å². The van der Waals surface area contributed by atoms with Crippen LogP contribution in [0, 0.1) is 0 Å². The number of ketones is 1. The van der Waals surface area contributed by atoms with Crippen molar-refractivity contribution in [1.29, 1.82) is 0 Å². The third-order valence-electron chi connectivity index (χ3n) is 3.37. The lowest BCUT2D eigenvalue weighted by atomic mass is 10.1. The van der Waals surface area contributed by atoms with Crippen LogP contribution in [0.2, 0.25) is 0 Å². The molecule has 18 heavy (non-hydrogen) atoms. The molecule has 2 N–H and O–H groups in total. The molecule has 102 valence electrons. The lowest BCUT2D eigenvalue weighted by Gasteiger charge is -2.12. The van der Waals surface area contributed by atoms with Gasteiger partial charge in [0.2, 0.25) is 0 Å². The summed E-state index contributed by atoms with van der Waals surface area (Å²) in [6.45, 7) is 6.31. The van der Waals surface area contributed by atoms with Crippen molar-refractivity contribution in [3.05, 3.63) is 18.0 Å². The molecule has 0 radical (unpaired) electrons. The van der Waals surface area contributed by atoms with E-state index < -0.39 is 0 Å². The molecule has 0 saturated carbocycles. The maximum atomic E-state index is 11.8. The number of carbonyl (C=O) groups excluding carboxylic acids is 1. The number of nitrogens with zero attached hydrogens (tertiary/aromatic N) is 2. The molecule has 0 aliphatic heterocycles. The first-order chi connectivity index (χ1) is 8.60. The van der Waals surface area contributed by atoms with Gasteiger partial charge in [0.1, 0.15) is 5.78 Å². The van der Waals surface area contributed by atoms with Gasteiger partial charge in [-0.15, -0.1) is 0 Å². The third kappa shape index (κ3) is 4.26. The topological polar surface area (TPSA) is 60.9 Å². The molecule has 1 aromatic rings. The largest absolute Gasteiger partial charge is 0.327 e. The zero-order valence-electron chi connectivity index (χ0n) is 11.7. The van der Waals surface area contributed by atoms with E-state index in [1.54, 1.807) is 0 Å². The summed E-state index contributed by atoms with van der Waals surface area (Å²) in [5.41, 5.74) is 6.63. The van der Waals surface area contributed by atoms with Gasteiger partial charge in [-0.3, -0.25) is 9.48 Å². The van der Waals surface area contributed by atoms with Gasteiger partial charge < -0.3 is 5.73 Å². The minimum Gasteiger partial charge on any atom is -0.327 e. The fourth-order valence-electron chi connectivity index (χ4n) is 2.05. The predicted octanol–water partition coefficient (Wildman–Crippen LogP) is 2.48. The van der Waals surface area contributed by atoms with Crippen molar-refractivity contribution >= 4 is 5.78 Å². The highest BCUT2D eigenvalue weighted by Gasteiger charge is 2.12. The minimum atomic E-state index is -0.0152. The lowest BCUT2D eigenvalue weighted by Crippen LogP contribution is -2.23. The molecule has 0 aliphatic carbocycles. The number of hydrogen-bond acceptors (Lipinski definition) is 3. The van der Waals surface area contributed by atoms with Crippen molar-refractivity contribution in [2.24, 2.45) is 5.73 Å². The van der Waals surface area contributed by atoms with E-state index >= 15 is 0 Å². The fourth-order valence-corrected chi connectivity index (χ4v) is 2.05. The monoisotopic (exact) mass is 251 g/mol. The Labute approximate surface area is 110 Å². The molecule has 0 spiro atoms. The van der Waals surface area contributed by atoms with Crippen LogP contribution in [0.4, 0.5) is 0 Å². The molecule has 1 unspecified atom stereocenters. The van der Waals surface area contributed by atoms with E-state index in [1.165, 1.54) is 0 Å². The van der Waals surface area contributed by atoms with E-state index in [9.17, 15) is 4.79 Å². The molecule has 4 nitrogen and oxygen atoms in total. The molecule has 1 atom stereocenters. The molecule has 4 heteroatoms. The highest BCUT2D eigenvalue weighted by molar-refractivity contribution is 5.80. The van der Waals surface area contributed by atoms with Crippen molar-refractivity contribution < 1.29 is 4.79 Å². The standard InChI is InChI=1S/C14H25N3O/c1-4-11(15)9-14(18)10-12-7-8-17(16-12)13(5-2)6-3/h7-8,11,13H,4-6,9-10,15H2,1-3H3. The zero-order chi connectivity index (χ0) is 13.5. The smallest absolute Gasteiger partial charge is 0.140 e. The van der Waals surface area contributed by atoms with E-state index in [0.29, 0.717) is 18.9 Å². The molecule has 0 saturated heterocycles. The predicted molar refractivity (Wildman–Crippen MR) is 73.4 cm³/mol. The number of aromatic nitrogens is 2. The second kappa shape index (κ2) is 7.31. The van der Waals surface area contributed by atoms with Gasteiger partial charge in [-0.1, -0.05) is 20.8 Å². The van der Waals surface area contributed by atoms with Crippen molar-refractivity contribution in [2.75, 3.05) is 0 Å². The van der Waals surface area contributed by atoms with Gasteiger partial charge in [0.05, 0.1) is 18.2 Å². The van der Waals surface area contributed by atoms with Gasteiger partial charge >= 0.3 is 0 Å². The Morgan fingerprint density at radius 2 is 2.00 bits per heavy atom. The average molecular weight is 251 g/mol. The van der Waals surface area contributed by atoms with Crippen LogP contribution in [-0.4, -0.2) is 21.6 Å². The van der Waals surface area contributed by atoms with Gasteiger partial charge in [0, 0.05) is 18.7 Å². The van der Waals surface area contributed by atoms with Gasteiger partial charge in [-0.2, -0.15) is 5.10 Å². The molecule has 0 amide bonds. The SMILES string of the molecule is CCC(N)CC(=O)Cc1ccn(C(CC)CC)n1. The summed E-state index contributed by atoms with van der Waals surface area (Å²) in [5, 5.41) is 4.48. The second-order valence-corrected chi connectivity index (χ2v) is 4.85. The van der Waals surface area contributed by atoms with Gasteiger partial charge in [-0.25, -0.2) is 0 Å². The molecule has 1 heterocycles. The third-order valence-corrected chi connectivity index (χ3v) is 3.37. The molecular weight excluding hydrogens is 226 g/mol. The van der Waals surface area contributed by atoms with E-state index in [0.717, 1.165) is 25.0 Å². The maximum Gasteiger partial charge on any atom is 0.140 e. The van der Waals surface area contributed by atoms with Crippen LogP contribution in [0.1, 0.15) is 58.2 Å². The van der Waals surface area contributed by atoms with E-state index in [2.05, 4.69) is 18.9 Å². The Balaban J connectivity index is 2.56. The highest BCUT2D eigenvalue weighted by Crippen LogP contribution is 2.14. The Morgan fingerprint density at radius 3 is 2.56 bits per heavy atom. The van der Waals surface area contributed by atoms with Crippen molar-refractivity contribution in [3.63, 3.8) is 0 Å². The summed E-state index contributed by atoms with van der Waals surface area (Å²) in [6, 6.07) is 2.36. The molecule has 0 fully saturated rings. The first-order valence-electron chi connectivity index (χ1n) is 6.91. The van der Waals surface area contributed by atoms with E-state index in [-0.39, 0.29) is 11.8 Å². The van der Waals surface area contributed by atoms with E-state index in [4.69, 9.17) is 5.73 Å². The van der Waals surface area contributed by atoms with Crippen LogP contribution in [0.3, 0.4) is 0 Å². The summed E-state index contributed by atoms with van der Waals surface area (Å²) in [4.78, 5) is 11.8. The zero-order valence-corrected chi connectivity index (χ0v) is 11.7. The molecule has 0 bridgehead atoms. The minimum absolute atomic E-state index is 0.0152. The normalized spacial score (nSPS) is 12.9. The summed E-state index contributed by atoms with van der Waals surface area (Å²) in [6.07, 6.45) is 5.79. The molecule has 1 aromatic heterocycles. The van der Waals surface area contributed by atoms with Gasteiger partial charge in [0.25, 0.3) is 0 Å². The summed E-state index contributed by atoms with van der Waals surface area (Å²) >= 11 is 0. The molecule has 0 aromatic carbocycles. The van der Waals surface area contributed by atoms with Crippen molar-refractivity contribution in [2.45, 2.75) is 65.0 Å². The Bertz CT molecular complexity index is 369. The Hall–Kier alpha value is -1.16. The molecular formula is C14H25N3O. The molecule has 1 rings (SSSR count). The number of rotatable bonds is 8. The fraction of sp³-hybridized carbons (Fsp3) is 0.714. The first kappa shape index (κ1) is 14.9. The van der Waals surface area contributed by atoms with Crippen molar-refractivity contribution in [1.82, 2.24) is 9.78 Å². The first-order valence-corrected chi connectivity index (χ1v) is 6.91. The quantitative estimate of drug-likeness (QED) is 0.772. The molecule has 0 aliphatic rings. The van der Waals surface area contributed by atoms with Gasteiger partial charge in [0.15, 0.2) is 0 Å². The van der Waals surface area contributed by atoms with Crippen LogP contribution in [0.25, 0.3) is 0 Å². The van der Waals surface area contributed by atoms with Gasteiger partial charge in [-0.05, 0) is 25.3 Å². The second-order valence-electron chi connectivity index (χ2n) is 4.85.